The van der Waals surface area contributed by atoms with E-state index in [4.69, 9.17) is 0 Å². The number of allylic oxidation sites excluding steroid dienone is 2. The number of carbonyl (C=O) groups excluding carboxylic acids is 2. The van der Waals surface area contributed by atoms with Crippen molar-refractivity contribution in [1.29, 1.82) is 0 Å². The van der Waals surface area contributed by atoms with Crippen LogP contribution in [0.4, 0.5) is 0 Å². The molecule has 0 bridgehead atoms. The summed E-state index contributed by atoms with van der Waals surface area (Å²) in [5.41, 5.74) is 3.20. The van der Waals surface area contributed by atoms with Crippen molar-refractivity contribution in [2.75, 3.05) is 0 Å². The molecule has 1 aromatic heterocycles. The molecule has 130 valence electrons. The Morgan fingerprint density at radius 2 is 2.00 bits per heavy atom. The summed E-state index contributed by atoms with van der Waals surface area (Å²) in [7, 11) is 0. The number of aromatic nitrogens is 2. The molecule has 1 aliphatic rings. The van der Waals surface area contributed by atoms with Gasteiger partial charge in [-0.2, -0.15) is 5.10 Å². The average Bonchev–Trinajstić information content (AvgIpc) is 2.94. The van der Waals surface area contributed by atoms with Gasteiger partial charge in [-0.1, -0.05) is 37.6 Å². The van der Waals surface area contributed by atoms with E-state index >= 15 is 0 Å². The van der Waals surface area contributed by atoms with Gasteiger partial charge in [-0.3, -0.25) is 9.59 Å². The highest BCUT2D eigenvalue weighted by Gasteiger charge is 2.21. The van der Waals surface area contributed by atoms with Gasteiger partial charge in [0.25, 0.3) is 0 Å². The van der Waals surface area contributed by atoms with Gasteiger partial charge in [0.15, 0.2) is 11.6 Å². The average molecular weight is 336 g/mol. The Kier molecular flexibility index (Phi) is 5.59. The van der Waals surface area contributed by atoms with Crippen LogP contribution in [0.5, 0.6) is 0 Å². The van der Waals surface area contributed by atoms with Crippen LogP contribution in [0.3, 0.4) is 0 Å². The van der Waals surface area contributed by atoms with Crippen molar-refractivity contribution in [3.63, 3.8) is 0 Å². The Labute approximate surface area is 148 Å². The molecule has 1 aliphatic carbocycles. The summed E-state index contributed by atoms with van der Waals surface area (Å²) >= 11 is 0. The second-order valence-electron chi connectivity index (χ2n) is 6.50. The van der Waals surface area contributed by atoms with Crippen molar-refractivity contribution in [3.05, 3.63) is 59.4 Å². The van der Waals surface area contributed by atoms with Crippen molar-refractivity contribution in [3.8, 4) is 5.69 Å². The number of ketones is 2. The number of nitrogens with zero attached hydrogens (tertiary/aromatic N) is 2. The maximum atomic E-state index is 12.9. The van der Waals surface area contributed by atoms with Gasteiger partial charge in [-0.25, -0.2) is 4.68 Å². The molecule has 0 aliphatic heterocycles. The van der Waals surface area contributed by atoms with Crippen molar-refractivity contribution < 1.29 is 9.59 Å². The van der Waals surface area contributed by atoms with Crippen LogP contribution >= 0.6 is 0 Å². The Morgan fingerprint density at radius 3 is 2.76 bits per heavy atom. The molecule has 0 atom stereocenters. The molecular weight excluding hydrogens is 312 g/mol. The first-order valence-corrected chi connectivity index (χ1v) is 9.08. The number of rotatable bonds is 6. The lowest BCUT2D eigenvalue weighted by Gasteiger charge is -2.09. The molecule has 0 amide bonds. The van der Waals surface area contributed by atoms with E-state index in [2.05, 4.69) is 12.0 Å². The number of hydrogen-bond acceptors (Lipinski definition) is 3. The zero-order chi connectivity index (χ0) is 17.6. The molecule has 0 saturated heterocycles. The highest BCUT2D eigenvalue weighted by molar-refractivity contribution is 6.06. The molecule has 25 heavy (non-hydrogen) atoms. The monoisotopic (exact) mass is 336 g/mol. The standard InChI is InChI=1S/C21H24N2O2/c1-2-9-19-18(15-22-23(19)17-11-6-4-7-12-17)21(25)14-16-10-5-3-8-13-20(16)24/h4,6-7,10-12,15H,2-3,5,8-9,13-14H2,1H3. The van der Waals surface area contributed by atoms with E-state index < -0.39 is 0 Å². The summed E-state index contributed by atoms with van der Waals surface area (Å²) in [4.78, 5) is 25.0. The van der Waals surface area contributed by atoms with E-state index in [1.54, 1.807) is 6.20 Å². The molecule has 4 nitrogen and oxygen atoms in total. The van der Waals surface area contributed by atoms with Gasteiger partial charge >= 0.3 is 0 Å². The zero-order valence-electron chi connectivity index (χ0n) is 14.7. The van der Waals surface area contributed by atoms with Crippen LogP contribution in [-0.4, -0.2) is 21.3 Å². The fourth-order valence-electron chi connectivity index (χ4n) is 3.30. The second kappa shape index (κ2) is 8.06. The molecule has 1 heterocycles. The summed E-state index contributed by atoms with van der Waals surface area (Å²) in [5, 5.41) is 4.45. The molecule has 0 saturated carbocycles. The Hall–Kier alpha value is -2.49. The third-order valence-electron chi connectivity index (χ3n) is 4.61. The van der Waals surface area contributed by atoms with E-state index in [0.29, 0.717) is 17.6 Å². The Balaban J connectivity index is 1.89. The van der Waals surface area contributed by atoms with Gasteiger partial charge < -0.3 is 0 Å². The van der Waals surface area contributed by atoms with Crippen molar-refractivity contribution in [2.24, 2.45) is 0 Å². The zero-order valence-corrected chi connectivity index (χ0v) is 14.7. The Bertz CT molecular complexity index is 787. The molecule has 2 aromatic rings. The van der Waals surface area contributed by atoms with E-state index in [1.807, 2.05) is 41.1 Å². The van der Waals surface area contributed by atoms with Gasteiger partial charge in [-0.05, 0) is 43.4 Å². The molecule has 0 spiro atoms. The van der Waals surface area contributed by atoms with E-state index in [0.717, 1.165) is 43.5 Å². The summed E-state index contributed by atoms with van der Waals surface area (Å²) in [6.45, 7) is 2.09. The highest BCUT2D eigenvalue weighted by Crippen LogP contribution is 2.22. The topological polar surface area (TPSA) is 52.0 Å². The van der Waals surface area contributed by atoms with Crippen molar-refractivity contribution >= 4 is 11.6 Å². The molecule has 0 fully saturated rings. The first-order valence-electron chi connectivity index (χ1n) is 9.08. The molecule has 0 radical (unpaired) electrons. The summed E-state index contributed by atoms with van der Waals surface area (Å²) in [6, 6.07) is 9.85. The first-order chi connectivity index (χ1) is 12.2. The molecule has 4 heteroatoms. The second-order valence-corrected chi connectivity index (χ2v) is 6.50. The number of benzene rings is 1. The lowest BCUT2D eigenvalue weighted by molar-refractivity contribution is -0.115. The summed E-state index contributed by atoms with van der Waals surface area (Å²) < 4.78 is 1.85. The van der Waals surface area contributed by atoms with Crippen LogP contribution in [-0.2, 0) is 11.2 Å². The van der Waals surface area contributed by atoms with Crippen LogP contribution < -0.4 is 0 Å². The third-order valence-corrected chi connectivity index (χ3v) is 4.61. The quantitative estimate of drug-likeness (QED) is 0.732. The third kappa shape index (κ3) is 3.95. The molecule has 3 rings (SSSR count). The Morgan fingerprint density at radius 1 is 1.20 bits per heavy atom. The fraction of sp³-hybridized carbons (Fsp3) is 0.381. The van der Waals surface area contributed by atoms with Gasteiger partial charge in [-0.15, -0.1) is 0 Å². The number of hydrogen-bond donors (Lipinski definition) is 0. The minimum absolute atomic E-state index is 0.00729. The summed E-state index contributed by atoms with van der Waals surface area (Å²) in [5.74, 6) is 0.116. The number of para-hydroxylation sites is 1. The minimum Gasteiger partial charge on any atom is -0.295 e. The molecule has 1 aromatic carbocycles. The lowest BCUT2D eigenvalue weighted by Crippen LogP contribution is -2.10. The number of carbonyl (C=O) groups is 2. The van der Waals surface area contributed by atoms with Crippen LogP contribution in [0.1, 0.15) is 61.5 Å². The molecule has 0 N–H and O–H groups in total. The smallest absolute Gasteiger partial charge is 0.170 e. The maximum absolute atomic E-state index is 12.9. The maximum Gasteiger partial charge on any atom is 0.170 e. The van der Waals surface area contributed by atoms with E-state index in [-0.39, 0.29) is 18.0 Å². The van der Waals surface area contributed by atoms with Crippen LogP contribution in [0, 0.1) is 0 Å². The van der Waals surface area contributed by atoms with Crippen LogP contribution in [0.25, 0.3) is 5.69 Å². The predicted molar refractivity (Wildman–Crippen MR) is 98.1 cm³/mol. The van der Waals surface area contributed by atoms with Crippen molar-refractivity contribution in [1.82, 2.24) is 9.78 Å². The van der Waals surface area contributed by atoms with Crippen molar-refractivity contribution in [2.45, 2.75) is 51.9 Å². The van der Waals surface area contributed by atoms with E-state index in [9.17, 15) is 9.59 Å². The van der Waals surface area contributed by atoms with Gasteiger partial charge in [0.2, 0.25) is 0 Å². The lowest BCUT2D eigenvalue weighted by atomic mass is 9.98. The fourth-order valence-corrected chi connectivity index (χ4v) is 3.30. The first kappa shape index (κ1) is 17.3. The number of Topliss-reactive ketones (excluding diaryl/α,β-unsaturated/α-hetero) is 2. The van der Waals surface area contributed by atoms with Gasteiger partial charge in [0, 0.05) is 12.8 Å². The van der Waals surface area contributed by atoms with Crippen LogP contribution in [0.15, 0.2) is 48.2 Å². The van der Waals surface area contributed by atoms with Crippen LogP contribution in [0.2, 0.25) is 0 Å². The summed E-state index contributed by atoms with van der Waals surface area (Å²) in [6.07, 6.45) is 8.90. The van der Waals surface area contributed by atoms with Gasteiger partial charge in [0.1, 0.15) is 0 Å². The molecular formula is C21H24N2O2. The normalized spacial score (nSPS) is 14.9. The largest absolute Gasteiger partial charge is 0.295 e. The minimum atomic E-state index is -0.00729. The highest BCUT2D eigenvalue weighted by atomic mass is 16.1. The molecule has 0 unspecified atom stereocenters. The van der Waals surface area contributed by atoms with Gasteiger partial charge in [0.05, 0.1) is 23.1 Å². The van der Waals surface area contributed by atoms with E-state index in [1.165, 1.54) is 0 Å². The predicted octanol–water partition coefficient (Wildman–Crippen LogP) is 4.47. The SMILES string of the molecule is CCCc1c(C(=O)CC2=CCCCCC2=O)cnn1-c1ccccc1.